The Bertz CT molecular complexity index is 2090. The third-order valence-corrected chi connectivity index (χ3v) is 9.87. The molecule has 42 heavy (non-hydrogen) atoms. The smallest absolute Gasteiger partial charge is 0.0541 e. The fraction of sp³-hybridized carbons (Fsp3) is 0.100. The van der Waals surface area contributed by atoms with Crippen LogP contribution in [0.5, 0.6) is 0 Å². The molecule has 6 aromatic carbocycles. The van der Waals surface area contributed by atoms with Crippen LogP contribution in [-0.4, -0.2) is 9.13 Å². The van der Waals surface area contributed by atoms with E-state index in [9.17, 15) is 0 Å². The maximum atomic E-state index is 2.46. The van der Waals surface area contributed by atoms with Gasteiger partial charge < -0.3 is 9.13 Å². The number of rotatable bonds is 3. The molecule has 0 aliphatic heterocycles. The first-order chi connectivity index (χ1) is 20.7. The number of aromatic nitrogens is 2. The van der Waals surface area contributed by atoms with E-state index in [-0.39, 0.29) is 5.41 Å². The van der Waals surface area contributed by atoms with Crippen LogP contribution in [0.25, 0.3) is 66.1 Å². The zero-order valence-electron chi connectivity index (χ0n) is 23.8. The largest absolute Gasteiger partial charge is 0.309 e. The van der Waals surface area contributed by atoms with Crippen molar-refractivity contribution in [2.24, 2.45) is 0 Å². The Morgan fingerprint density at radius 1 is 0.452 bits per heavy atom. The number of hydrogen-bond donors (Lipinski definition) is 0. The topological polar surface area (TPSA) is 9.86 Å². The van der Waals surface area contributed by atoms with Crippen molar-refractivity contribution in [3.05, 3.63) is 145 Å². The molecule has 2 heteroatoms. The van der Waals surface area contributed by atoms with Crippen LogP contribution in [-0.2, 0) is 5.41 Å². The molecule has 0 saturated heterocycles. The van der Waals surface area contributed by atoms with Gasteiger partial charge in [0.2, 0.25) is 0 Å². The molecule has 1 aliphatic rings. The van der Waals surface area contributed by atoms with Gasteiger partial charge in [-0.25, -0.2) is 0 Å². The summed E-state index contributed by atoms with van der Waals surface area (Å²) in [6, 6.07) is 49.3. The first kappa shape index (κ1) is 23.6. The van der Waals surface area contributed by atoms with Crippen LogP contribution in [0.4, 0.5) is 0 Å². The average molecular weight is 539 g/mol. The van der Waals surface area contributed by atoms with Gasteiger partial charge in [0.05, 0.1) is 22.1 Å². The number of benzene rings is 6. The van der Waals surface area contributed by atoms with E-state index >= 15 is 0 Å². The Morgan fingerprint density at radius 3 is 1.12 bits per heavy atom. The van der Waals surface area contributed by atoms with Gasteiger partial charge in [0, 0.05) is 38.3 Å². The van der Waals surface area contributed by atoms with Crippen LogP contribution in [0.2, 0.25) is 0 Å². The lowest BCUT2D eigenvalue weighted by Gasteiger charge is -2.27. The van der Waals surface area contributed by atoms with Crippen LogP contribution in [0.3, 0.4) is 0 Å². The van der Waals surface area contributed by atoms with E-state index < -0.39 is 0 Å². The van der Waals surface area contributed by atoms with Crippen molar-refractivity contribution in [3.8, 4) is 22.5 Å². The summed E-state index contributed by atoms with van der Waals surface area (Å²) in [6.45, 7) is 4.77. The molecule has 0 radical (unpaired) electrons. The molecular weight excluding hydrogens is 508 g/mol. The molecule has 0 saturated carbocycles. The molecule has 0 unspecified atom stereocenters. The maximum absolute atomic E-state index is 2.46. The monoisotopic (exact) mass is 538 g/mol. The van der Waals surface area contributed by atoms with Gasteiger partial charge in [-0.2, -0.15) is 0 Å². The second-order valence-electron chi connectivity index (χ2n) is 11.9. The zero-order chi connectivity index (χ0) is 28.0. The summed E-state index contributed by atoms with van der Waals surface area (Å²) >= 11 is 0. The van der Waals surface area contributed by atoms with E-state index in [2.05, 4.69) is 156 Å². The van der Waals surface area contributed by atoms with E-state index in [0.717, 1.165) is 6.42 Å². The molecule has 0 spiro atoms. The van der Waals surface area contributed by atoms with Gasteiger partial charge in [-0.05, 0) is 77.2 Å². The highest BCUT2D eigenvalue weighted by Gasteiger charge is 2.38. The molecule has 2 heterocycles. The fourth-order valence-electron chi connectivity index (χ4n) is 7.65. The first-order valence-corrected chi connectivity index (χ1v) is 14.9. The summed E-state index contributed by atoms with van der Waals surface area (Å²) < 4.78 is 4.88. The van der Waals surface area contributed by atoms with Crippen molar-refractivity contribution in [2.75, 3.05) is 0 Å². The van der Waals surface area contributed by atoms with Gasteiger partial charge in [0.1, 0.15) is 0 Å². The molecule has 0 N–H and O–H groups in total. The van der Waals surface area contributed by atoms with Gasteiger partial charge in [-0.15, -0.1) is 0 Å². The lowest BCUT2D eigenvalue weighted by molar-refractivity contribution is 0.564. The third kappa shape index (κ3) is 2.99. The van der Waals surface area contributed by atoms with Crippen molar-refractivity contribution in [1.82, 2.24) is 9.13 Å². The van der Waals surface area contributed by atoms with Crippen molar-refractivity contribution < 1.29 is 0 Å². The summed E-state index contributed by atoms with van der Waals surface area (Å²) in [6.07, 6.45) is 1.03. The van der Waals surface area contributed by atoms with Crippen LogP contribution in [0.15, 0.2) is 133 Å². The van der Waals surface area contributed by atoms with Crippen LogP contribution in [0, 0.1) is 0 Å². The highest BCUT2D eigenvalue weighted by molar-refractivity contribution is 6.10. The Morgan fingerprint density at radius 2 is 0.786 bits per heavy atom. The highest BCUT2D eigenvalue weighted by atomic mass is 15.0. The molecule has 0 amide bonds. The quantitative estimate of drug-likeness (QED) is 0.212. The number of hydrogen-bond acceptors (Lipinski definition) is 0. The minimum Gasteiger partial charge on any atom is -0.309 e. The van der Waals surface area contributed by atoms with Crippen LogP contribution < -0.4 is 0 Å². The Labute approximate surface area is 245 Å². The van der Waals surface area contributed by atoms with Crippen molar-refractivity contribution in [1.29, 1.82) is 0 Å². The van der Waals surface area contributed by atoms with Gasteiger partial charge in [0.15, 0.2) is 0 Å². The van der Waals surface area contributed by atoms with Gasteiger partial charge in [-0.1, -0.05) is 98.8 Å². The van der Waals surface area contributed by atoms with Crippen LogP contribution in [0.1, 0.15) is 31.4 Å². The summed E-state index contributed by atoms with van der Waals surface area (Å²) in [7, 11) is 0. The summed E-state index contributed by atoms with van der Waals surface area (Å²) in [5.41, 5.74) is 12.9. The van der Waals surface area contributed by atoms with Crippen molar-refractivity contribution in [3.63, 3.8) is 0 Å². The molecule has 2 nitrogen and oxygen atoms in total. The molecule has 0 atom stereocenters. The summed E-state index contributed by atoms with van der Waals surface area (Å²) in [5, 5.41) is 5.19. The number of para-hydroxylation sites is 4. The fourth-order valence-corrected chi connectivity index (χ4v) is 7.65. The first-order valence-electron chi connectivity index (χ1n) is 14.9. The normalized spacial score (nSPS) is 13.8. The van der Waals surface area contributed by atoms with Gasteiger partial charge in [-0.3, -0.25) is 0 Å². The average Bonchev–Trinajstić information content (AvgIpc) is 3.65. The lowest BCUT2D eigenvalue weighted by atomic mass is 9.77. The van der Waals surface area contributed by atoms with Crippen LogP contribution >= 0.6 is 0 Å². The molecule has 9 rings (SSSR count). The summed E-state index contributed by atoms with van der Waals surface area (Å²) in [4.78, 5) is 0. The number of fused-ring (bicyclic) bond motifs is 9. The van der Waals surface area contributed by atoms with Gasteiger partial charge >= 0.3 is 0 Å². The Balaban J connectivity index is 1.26. The summed E-state index contributed by atoms with van der Waals surface area (Å²) in [5.74, 6) is 0. The minimum atomic E-state index is -0.0891. The third-order valence-electron chi connectivity index (χ3n) is 9.87. The van der Waals surface area contributed by atoms with E-state index in [1.54, 1.807) is 0 Å². The lowest BCUT2D eigenvalue weighted by Crippen LogP contribution is -2.19. The SMILES string of the molecule is CCC1(C)c2cc(-n3c4ccccc4c4ccccc43)ccc2-c2ccc(-n3c4ccccc4c4ccccc43)cc21. The van der Waals surface area contributed by atoms with E-state index in [0.29, 0.717) is 0 Å². The van der Waals surface area contributed by atoms with Crippen molar-refractivity contribution in [2.45, 2.75) is 25.7 Å². The zero-order valence-corrected chi connectivity index (χ0v) is 23.8. The Kier molecular flexibility index (Phi) is 4.76. The number of nitrogens with zero attached hydrogens (tertiary/aromatic N) is 2. The predicted octanol–water partition coefficient (Wildman–Crippen LogP) is 10.6. The molecular formula is C40H30N2. The molecule has 0 bridgehead atoms. The minimum absolute atomic E-state index is 0.0891. The van der Waals surface area contributed by atoms with Gasteiger partial charge in [0.25, 0.3) is 0 Å². The Hall–Kier alpha value is -5.08. The predicted molar refractivity (Wildman–Crippen MR) is 177 cm³/mol. The molecule has 0 fully saturated rings. The van der Waals surface area contributed by atoms with E-state index in [1.807, 2.05) is 0 Å². The second-order valence-corrected chi connectivity index (χ2v) is 11.9. The highest BCUT2D eigenvalue weighted by Crippen LogP contribution is 2.52. The van der Waals surface area contributed by atoms with Crippen molar-refractivity contribution >= 4 is 43.6 Å². The van der Waals surface area contributed by atoms with E-state index in [1.165, 1.54) is 77.2 Å². The van der Waals surface area contributed by atoms with E-state index in [4.69, 9.17) is 0 Å². The maximum Gasteiger partial charge on any atom is 0.0541 e. The second kappa shape index (κ2) is 8.47. The molecule has 200 valence electrons. The molecule has 2 aromatic heterocycles. The standard InChI is InChI=1S/C40H30N2/c1-3-40(2)34-24-26(41-36-16-8-4-12-30(36)31-13-5-9-17-37(31)41)20-22-28(34)29-23-21-27(25-35(29)40)42-38-18-10-6-14-32(38)33-15-7-11-19-39(33)42/h4-25H,3H2,1-2H3. The molecule has 1 aliphatic carbocycles. The molecule has 8 aromatic rings.